The summed E-state index contributed by atoms with van der Waals surface area (Å²) < 4.78 is 1.81. The highest BCUT2D eigenvalue weighted by atomic mass is 16.1. The van der Waals surface area contributed by atoms with Gasteiger partial charge < -0.3 is 0 Å². The number of rotatable bonds is 2. The van der Waals surface area contributed by atoms with E-state index in [4.69, 9.17) is 0 Å². The minimum absolute atomic E-state index is 0.0648. The summed E-state index contributed by atoms with van der Waals surface area (Å²) in [7, 11) is 0. The van der Waals surface area contributed by atoms with Crippen LogP contribution < -0.4 is 0 Å². The Labute approximate surface area is 76.9 Å². The number of hydrogen-bond acceptors (Lipinski definition) is 3. The van der Waals surface area contributed by atoms with Crippen LogP contribution in [0.1, 0.15) is 37.8 Å². The van der Waals surface area contributed by atoms with E-state index in [1.807, 2.05) is 11.6 Å². The van der Waals surface area contributed by atoms with Crippen molar-refractivity contribution in [3.05, 3.63) is 11.9 Å². The lowest BCUT2D eigenvalue weighted by Crippen LogP contribution is -2.11. The molecule has 0 aromatic carbocycles. The predicted octanol–water partition coefficient (Wildman–Crippen LogP) is 1.13. The van der Waals surface area contributed by atoms with Gasteiger partial charge in [0.25, 0.3) is 0 Å². The fourth-order valence-electron chi connectivity index (χ4n) is 1.91. The van der Waals surface area contributed by atoms with Crippen molar-refractivity contribution in [1.29, 1.82) is 0 Å². The van der Waals surface area contributed by atoms with Crippen molar-refractivity contribution < 1.29 is 4.79 Å². The molecule has 1 fully saturated rings. The van der Waals surface area contributed by atoms with Gasteiger partial charge in [0.15, 0.2) is 0 Å². The first-order valence-corrected chi connectivity index (χ1v) is 4.74. The second-order valence-electron chi connectivity index (χ2n) is 3.39. The molecule has 0 N–H and O–H groups in total. The first kappa shape index (κ1) is 8.41. The van der Waals surface area contributed by atoms with Gasteiger partial charge in [-0.05, 0) is 19.8 Å². The Kier molecular flexibility index (Phi) is 2.12. The van der Waals surface area contributed by atoms with E-state index < -0.39 is 0 Å². The van der Waals surface area contributed by atoms with Crippen LogP contribution in [-0.2, 0) is 11.3 Å². The Bertz CT molecular complexity index is 318. The van der Waals surface area contributed by atoms with Gasteiger partial charge in [0, 0.05) is 13.0 Å². The summed E-state index contributed by atoms with van der Waals surface area (Å²) in [6, 6.07) is 0. The number of nitrogens with zero attached hydrogens (tertiary/aromatic N) is 3. The minimum Gasteiger partial charge on any atom is -0.299 e. The molecular weight excluding hydrogens is 166 g/mol. The van der Waals surface area contributed by atoms with Gasteiger partial charge >= 0.3 is 0 Å². The van der Waals surface area contributed by atoms with Crippen LogP contribution in [0.3, 0.4) is 0 Å². The Morgan fingerprint density at radius 1 is 1.69 bits per heavy atom. The Morgan fingerprint density at radius 3 is 3.15 bits per heavy atom. The van der Waals surface area contributed by atoms with E-state index in [9.17, 15) is 4.79 Å². The fourth-order valence-corrected chi connectivity index (χ4v) is 1.91. The van der Waals surface area contributed by atoms with Crippen LogP contribution >= 0.6 is 0 Å². The third-order valence-corrected chi connectivity index (χ3v) is 2.61. The van der Waals surface area contributed by atoms with Gasteiger partial charge in [-0.1, -0.05) is 5.21 Å². The number of carbonyl (C=O) groups excluding carboxylic acids is 1. The average Bonchev–Trinajstić information content (AvgIpc) is 2.71. The van der Waals surface area contributed by atoms with Gasteiger partial charge in [-0.15, -0.1) is 5.10 Å². The first-order chi connectivity index (χ1) is 6.33. The lowest BCUT2D eigenvalue weighted by Gasteiger charge is -2.07. The fraction of sp³-hybridized carbons (Fsp3) is 0.667. The Morgan fingerprint density at radius 2 is 2.54 bits per heavy atom. The summed E-state index contributed by atoms with van der Waals surface area (Å²) in [5, 5.41) is 7.76. The van der Waals surface area contributed by atoms with Crippen LogP contribution in [0.5, 0.6) is 0 Å². The SMILES string of the molecule is CCn1nncc1C1CCCC1=O. The molecule has 1 aromatic rings. The van der Waals surface area contributed by atoms with Crippen molar-refractivity contribution in [1.82, 2.24) is 15.0 Å². The summed E-state index contributed by atoms with van der Waals surface area (Å²) in [4.78, 5) is 11.5. The molecule has 4 nitrogen and oxygen atoms in total. The second-order valence-corrected chi connectivity index (χ2v) is 3.39. The van der Waals surface area contributed by atoms with E-state index in [1.165, 1.54) is 0 Å². The van der Waals surface area contributed by atoms with Crippen molar-refractivity contribution in [2.45, 2.75) is 38.6 Å². The number of aromatic nitrogens is 3. The summed E-state index contributed by atoms with van der Waals surface area (Å²) in [6.07, 6.45) is 4.42. The summed E-state index contributed by atoms with van der Waals surface area (Å²) >= 11 is 0. The Hall–Kier alpha value is -1.19. The highest BCUT2D eigenvalue weighted by Crippen LogP contribution is 2.30. The van der Waals surface area contributed by atoms with E-state index in [1.54, 1.807) is 6.20 Å². The van der Waals surface area contributed by atoms with Crippen LogP contribution in [0.2, 0.25) is 0 Å². The molecule has 1 aromatic heterocycles. The van der Waals surface area contributed by atoms with E-state index in [0.29, 0.717) is 5.78 Å². The van der Waals surface area contributed by atoms with E-state index in [2.05, 4.69) is 10.3 Å². The largest absolute Gasteiger partial charge is 0.299 e. The standard InChI is InChI=1S/C9H13N3O/c1-2-12-8(6-10-11-12)7-4-3-5-9(7)13/h6-7H,2-5H2,1H3. The molecule has 70 valence electrons. The highest BCUT2D eigenvalue weighted by molar-refractivity contribution is 5.87. The van der Waals surface area contributed by atoms with Crippen molar-refractivity contribution in [3.8, 4) is 0 Å². The third kappa shape index (κ3) is 1.36. The zero-order valence-corrected chi connectivity index (χ0v) is 7.73. The topological polar surface area (TPSA) is 47.8 Å². The molecule has 1 saturated carbocycles. The molecule has 13 heavy (non-hydrogen) atoms. The molecule has 1 heterocycles. The molecule has 0 spiro atoms. The number of aryl methyl sites for hydroxylation is 1. The molecule has 1 aliphatic rings. The zero-order valence-electron chi connectivity index (χ0n) is 7.73. The number of carbonyl (C=O) groups is 1. The summed E-state index contributed by atoms with van der Waals surface area (Å²) in [5.74, 6) is 0.409. The molecule has 2 rings (SSSR count). The van der Waals surface area contributed by atoms with Crippen LogP contribution in [0.15, 0.2) is 6.20 Å². The van der Waals surface area contributed by atoms with Crippen molar-refractivity contribution >= 4 is 5.78 Å². The van der Waals surface area contributed by atoms with E-state index in [0.717, 1.165) is 31.5 Å². The maximum Gasteiger partial charge on any atom is 0.141 e. The zero-order chi connectivity index (χ0) is 9.26. The highest BCUT2D eigenvalue weighted by Gasteiger charge is 2.28. The number of ketones is 1. The van der Waals surface area contributed by atoms with Gasteiger partial charge in [0.1, 0.15) is 5.78 Å². The van der Waals surface area contributed by atoms with Gasteiger partial charge in [-0.2, -0.15) is 0 Å². The molecule has 0 radical (unpaired) electrons. The Balaban J connectivity index is 2.28. The average molecular weight is 179 g/mol. The van der Waals surface area contributed by atoms with Crippen LogP contribution in [-0.4, -0.2) is 20.8 Å². The molecular formula is C9H13N3O. The minimum atomic E-state index is 0.0648. The van der Waals surface area contributed by atoms with Crippen molar-refractivity contribution in [2.75, 3.05) is 0 Å². The molecule has 4 heteroatoms. The third-order valence-electron chi connectivity index (χ3n) is 2.61. The van der Waals surface area contributed by atoms with Gasteiger partial charge in [0.2, 0.25) is 0 Å². The van der Waals surface area contributed by atoms with Crippen LogP contribution in [0, 0.1) is 0 Å². The molecule has 0 saturated heterocycles. The lowest BCUT2D eigenvalue weighted by atomic mass is 10.0. The molecule has 0 bridgehead atoms. The van der Waals surface area contributed by atoms with Crippen LogP contribution in [0.4, 0.5) is 0 Å². The van der Waals surface area contributed by atoms with Crippen molar-refractivity contribution in [2.24, 2.45) is 0 Å². The molecule has 0 amide bonds. The predicted molar refractivity (Wildman–Crippen MR) is 47.3 cm³/mol. The molecule has 0 aliphatic heterocycles. The normalized spacial score (nSPS) is 22.5. The van der Waals surface area contributed by atoms with Gasteiger partial charge in [-0.25, -0.2) is 4.68 Å². The summed E-state index contributed by atoms with van der Waals surface area (Å²) in [6.45, 7) is 2.80. The van der Waals surface area contributed by atoms with E-state index >= 15 is 0 Å². The van der Waals surface area contributed by atoms with Gasteiger partial charge in [-0.3, -0.25) is 4.79 Å². The smallest absolute Gasteiger partial charge is 0.141 e. The number of hydrogen-bond donors (Lipinski definition) is 0. The molecule has 1 atom stereocenters. The van der Waals surface area contributed by atoms with Crippen LogP contribution in [0.25, 0.3) is 0 Å². The molecule has 1 unspecified atom stereocenters. The first-order valence-electron chi connectivity index (χ1n) is 4.74. The maximum atomic E-state index is 11.5. The monoisotopic (exact) mass is 179 g/mol. The van der Waals surface area contributed by atoms with E-state index in [-0.39, 0.29) is 5.92 Å². The van der Waals surface area contributed by atoms with Gasteiger partial charge in [0.05, 0.1) is 17.8 Å². The molecule has 1 aliphatic carbocycles. The number of Topliss-reactive ketones (excluding diaryl/α,β-unsaturated/α-hetero) is 1. The second kappa shape index (κ2) is 3.28. The summed E-state index contributed by atoms with van der Waals surface area (Å²) in [5.41, 5.74) is 0.991. The quantitative estimate of drug-likeness (QED) is 0.683. The lowest BCUT2D eigenvalue weighted by molar-refractivity contribution is -0.118. The maximum absolute atomic E-state index is 11.5. The van der Waals surface area contributed by atoms with Crippen molar-refractivity contribution in [3.63, 3.8) is 0 Å².